The molecule has 0 radical (unpaired) electrons. The van der Waals surface area contributed by atoms with E-state index in [9.17, 15) is 0 Å². The average molecular weight is 235 g/mol. The Bertz CT molecular complexity index is 500. The van der Waals surface area contributed by atoms with Gasteiger partial charge in [-0.05, 0) is 6.07 Å². The van der Waals surface area contributed by atoms with E-state index in [0.717, 1.165) is 6.54 Å². The minimum atomic E-state index is -0.134. The lowest BCUT2D eigenvalue weighted by atomic mass is 10.3. The molecule has 1 fully saturated rings. The number of nitrogens with one attached hydrogen (secondary N) is 1. The molecule has 90 valence electrons. The summed E-state index contributed by atoms with van der Waals surface area (Å²) in [7, 11) is 1.84. The Kier molecular flexibility index (Phi) is 2.62. The van der Waals surface area contributed by atoms with Gasteiger partial charge in [-0.25, -0.2) is 0 Å². The number of aromatic nitrogens is 4. The first-order valence-electron chi connectivity index (χ1n) is 5.49. The number of aryl methyl sites for hydroxylation is 1. The van der Waals surface area contributed by atoms with Crippen LogP contribution in [0.5, 0.6) is 0 Å². The lowest BCUT2D eigenvalue weighted by molar-refractivity contribution is 0.0208. The van der Waals surface area contributed by atoms with Crippen molar-refractivity contribution >= 4 is 0 Å². The molecule has 1 atom stereocenters. The van der Waals surface area contributed by atoms with E-state index < -0.39 is 0 Å². The predicted octanol–water partition coefficient (Wildman–Crippen LogP) is 0.131. The molecule has 0 spiro atoms. The van der Waals surface area contributed by atoms with Crippen molar-refractivity contribution < 1.29 is 9.26 Å². The molecule has 7 nitrogen and oxygen atoms in total. The summed E-state index contributed by atoms with van der Waals surface area (Å²) in [6, 6.07) is 1.83. The van der Waals surface area contributed by atoms with Crippen molar-refractivity contribution in [1.29, 1.82) is 0 Å². The number of hydrogen-bond donors (Lipinski definition) is 1. The molecular formula is C10H13N5O2. The fourth-order valence-corrected chi connectivity index (χ4v) is 1.73. The maximum atomic E-state index is 5.55. The zero-order chi connectivity index (χ0) is 11.7. The van der Waals surface area contributed by atoms with Crippen LogP contribution in [0, 0.1) is 0 Å². The van der Waals surface area contributed by atoms with Gasteiger partial charge in [-0.3, -0.25) is 4.68 Å². The van der Waals surface area contributed by atoms with Gasteiger partial charge in [0.25, 0.3) is 5.89 Å². The van der Waals surface area contributed by atoms with Crippen molar-refractivity contribution in [3.8, 4) is 11.6 Å². The van der Waals surface area contributed by atoms with E-state index in [4.69, 9.17) is 9.26 Å². The van der Waals surface area contributed by atoms with Gasteiger partial charge in [0.05, 0.1) is 6.61 Å². The Morgan fingerprint density at radius 1 is 1.53 bits per heavy atom. The van der Waals surface area contributed by atoms with E-state index in [2.05, 4.69) is 20.6 Å². The van der Waals surface area contributed by atoms with Crippen molar-refractivity contribution in [3.05, 3.63) is 18.1 Å². The largest absolute Gasteiger partial charge is 0.367 e. The van der Waals surface area contributed by atoms with Crippen molar-refractivity contribution in [2.45, 2.75) is 6.10 Å². The average Bonchev–Trinajstić information content (AvgIpc) is 2.98. The molecule has 1 N–H and O–H groups in total. The van der Waals surface area contributed by atoms with Crippen LogP contribution in [0.25, 0.3) is 11.6 Å². The van der Waals surface area contributed by atoms with Crippen LogP contribution in [-0.4, -0.2) is 39.6 Å². The zero-order valence-corrected chi connectivity index (χ0v) is 9.46. The van der Waals surface area contributed by atoms with Crippen molar-refractivity contribution in [2.75, 3.05) is 19.7 Å². The number of ether oxygens (including phenoxy) is 1. The molecule has 7 heteroatoms. The Morgan fingerprint density at radius 2 is 2.47 bits per heavy atom. The third-order valence-corrected chi connectivity index (χ3v) is 2.59. The van der Waals surface area contributed by atoms with Gasteiger partial charge < -0.3 is 14.6 Å². The summed E-state index contributed by atoms with van der Waals surface area (Å²) in [6.45, 7) is 2.24. The molecule has 0 aliphatic carbocycles. The molecule has 3 rings (SSSR count). The first-order valence-corrected chi connectivity index (χ1v) is 5.49. The second-order valence-electron chi connectivity index (χ2n) is 3.90. The van der Waals surface area contributed by atoms with E-state index in [1.54, 1.807) is 4.68 Å². The summed E-state index contributed by atoms with van der Waals surface area (Å²) < 4.78 is 12.4. The van der Waals surface area contributed by atoms with Gasteiger partial charge in [0.2, 0.25) is 5.82 Å². The molecule has 0 saturated carbocycles. The second kappa shape index (κ2) is 4.27. The fraction of sp³-hybridized carbons (Fsp3) is 0.500. The normalized spacial score (nSPS) is 20.6. The lowest BCUT2D eigenvalue weighted by Crippen LogP contribution is -2.33. The summed E-state index contributed by atoms with van der Waals surface area (Å²) in [4.78, 5) is 4.30. The molecule has 17 heavy (non-hydrogen) atoms. The molecule has 0 bridgehead atoms. The van der Waals surface area contributed by atoms with Gasteiger partial charge in [0.15, 0.2) is 5.69 Å². The molecule has 0 aromatic carbocycles. The van der Waals surface area contributed by atoms with Crippen LogP contribution >= 0.6 is 0 Å². The topological polar surface area (TPSA) is 78.0 Å². The van der Waals surface area contributed by atoms with Gasteiger partial charge >= 0.3 is 0 Å². The van der Waals surface area contributed by atoms with Crippen LogP contribution in [0.2, 0.25) is 0 Å². The van der Waals surface area contributed by atoms with Gasteiger partial charge in [-0.1, -0.05) is 5.16 Å². The highest BCUT2D eigenvalue weighted by Gasteiger charge is 2.22. The predicted molar refractivity (Wildman–Crippen MR) is 58.1 cm³/mol. The van der Waals surface area contributed by atoms with Crippen LogP contribution in [0.1, 0.15) is 11.9 Å². The third kappa shape index (κ3) is 2.06. The van der Waals surface area contributed by atoms with Crippen LogP contribution < -0.4 is 5.32 Å². The maximum Gasteiger partial charge on any atom is 0.278 e. The van der Waals surface area contributed by atoms with Gasteiger partial charge in [0, 0.05) is 26.3 Å². The molecule has 2 aromatic rings. The number of hydrogen-bond acceptors (Lipinski definition) is 6. The second-order valence-corrected chi connectivity index (χ2v) is 3.90. The van der Waals surface area contributed by atoms with Crippen LogP contribution in [0.4, 0.5) is 0 Å². The standard InChI is InChI=1S/C10H13N5O2/c1-15-4-2-7(13-15)10-12-9(14-17-10)8-6-11-3-5-16-8/h2,4,8,11H,3,5-6H2,1H3. The minimum absolute atomic E-state index is 0.134. The number of nitrogens with zero attached hydrogens (tertiary/aromatic N) is 4. The van der Waals surface area contributed by atoms with E-state index in [1.807, 2.05) is 19.3 Å². The monoisotopic (exact) mass is 235 g/mol. The Hall–Kier alpha value is -1.73. The smallest absolute Gasteiger partial charge is 0.278 e. The summed E-state index contributed by atoms with van der Waals surface area (Å²) in [6.07, 6.45) is 1.70. The first-order chi connectivity index (χ1) is 8.33. The lowest BCUT2D eigenvalue weighted by Gasteiger charge is -2.20. The highest BCUT2D eigenvalue weighted by atomic mass is 16.5. The molecule has 1 aliphatic heterocycles. The van der Waals surface area contributed by atoms with E-state index in [1.165, 1.54) is 0 Å². The van der Waals surface area contributed by atoms with Crippen LogP contribution in [0.3, 0.4) is 0 Å². The van der Waals surface area contributed by atoms with Crippen LogP contribution in [-0.2, 0) is 11.8 Å². The van der Waals surface area contributed by atoms with Gasteiger partial charge in [-0.15, -0.1) is 0 Å². The molecular weight excluding hydrogens is 222 g/mol. The van der Waals surface area contributed by atoms with Crippen LogP contribution in [0.15, 0.2) is 16.8 Å². The first kappa shape index (κ1) is 10.4. The fourth-order valence-electron chi connectivity index (χ4n) is 1.73. The summed E-state index contributed by atoms with van der Waals surface area (Å²) in [5.74, 6) is 0.993. The molecule has 1 aliphatic rings. The van der Waals surface area contributed by atoms with Gasteiger partial charge in [-0.2, -0.15) is 10.1 Å². The zero-order valence-electron chi connectivity index (χ0n) is 9.46. The summed E-state index contributed by atoms with van der Waals surface area (Å²) in [5.41, 5.74) is 0.676. The number of rotatable bonds is 2. The highest BCUT2D eigenvalue weighted by molar-refractivity contribution is 5.44. The summed E-state index contributed by atoms with van der Waals surface area (Å²) in [5, 5.41) is 11.3. The quantitative estimate of drug-likeness (QED) is 0.797. The van der Waals surface area contributed by atoms with Crippen molar-refractivity contribution in [2.24, 2.45) is 7.05 Å². The van der Waals surface area contributed by atoms with Gasteiger partial charge in [0.1, 0.15) is 6.10 Å². The third-order valence-electron chi connectivity index (χ3n) is 2.59. The minimum Gasteiger partial charge on any atom is -0.367 e. The Balaban J connectivity index is 1.82. The van der Waals surface area contributed by atoms with E-state index in [0.29, 0.717) is 30.6 Å². The number of morpholine rings is 1. The molecule has 1 saturated heterocycles. The molecule has 0 amide bonds. The Labute approximate surface area is 97.8 Å². The Morgan fingerprint density at radius 3 is 3.18 bits per heavy atom. The molecule has 3 heterocycles. The highest BCUT2D eigenvalue weighted by Crippen LogP contribution is 2.19. The SMILES string of the molecule is Cn1ccc(-c2nc(C3CNCCO3)no2)n1. The van der Waals surface area contributed by atoms with Crippen molar-refractivity contribution in [3.63, 3.8) is 0 Å². The molecule has 2 aromatic heterocycles. The summed E-state index contributed by atoms with van der Waals surface area (Å²) >= 11 is 0. The van der Waals surface area contributed by atoms with E-state index in [-0.39, 0.29) is 6.10 Å². The maximum absolute atomic E-state index is 5.55. The van der Waals surface area contributed by atoms with Crippen molar-refractivity contribution in [1.82, 2.24) is 25.2 Å². The molecule has 1 unspecified atom stereocenters. The van der Waals surface area contributed by atoms with E-state index >= 15 is 0 Å².